The van der Waals surface area contributed by atoms with Crippen LogP contribution in [0.2, 0.25) is 0 Å². The van der Waals surface area contributed by atoms with Gasteiger partial charge in [-0.3, -0.25) is 0 Å². The van der Waals surface area contributed by atoms with Crippen molar-refractivity contribution in [3.05, 3.63) is 33.8 Å². The van der Waals surface area contributed by atoms with Gasteiger partial charge >= 0.3 is 0 Å². The topological polar surface area (TPSA) is 26.0 Å². The van der Waals surface area contributed by atoms with Crippen molar-refractivity contribution in [1.29, 1.82) is 0 Å². The van der Waals surface area contributed by atoms with Crippen LogP contribution in [-0.2, 0) is 0 Å². The van der Waals surface area contributed by atoms with Gasteiger partial charge < -0.3 is 5.73 Å². The van der Waals surface area contributed by atoms with E-state index in [0.717, 1.165) is 10.9 Å². The average molecular weight is 228 g/mol. The van der Waals surface area contributed by atoms with Crippen LogP contribution >= 0.6 is 15.9 Å². The van der Waals surface area contributed by atoms with Gasteiger partial charge in [-0.25, -0.2) is 0 Å². The van der Waals surface area contributed by atoms with E-state index in [9.17, 15) is 0 Å². The van der Waals surface area contributed by atoms with Crippen molar-refractivity contribution in [2.45, 2.75) is 26.3 Å². The van der Waals surface area contributed by atoms with Crippen molar-refractivity contribution in [3.8, 4) is 0 Å². The summed E-state index contributed by atoms with van der Waals surface area (Å²) in [6, 6.07) is 6.32. The van der Waals surface area contributed by atoms with E-state index in [-0.39, 0.29) is 6.04 Å². The zero-order valence-corrected chi connectivity index (χ0v) is 9.06. The van der Waals surface area contributed by atoms with E-state index >= 15 is 0 Å². The van der Waals surface area contributed by atoms with Crippen LogP contribution in [0.4, 0.5) is 0 Å². The molecular formula is C10H14BrN. The molecule has 0 bridgehead atoms. The molecule has 0 radical (unpaired) electrons. The minimum Gasteiger partial charge on any atom is -0.324 e. The lowest BCUT2D eigenvalue weighted by molar-refractivity contribution is 0.690. The van der Waals surface area contributed by atoms with Crippen LogP contribution in [0.5, 0.6) is 0 Å². The molecule has 0 heterocycles. The van der Waals surface area contributed by atoms with Gasteiger partial charge in [0.15, 0.2) is 0 Å². The van der Waals surface area contributed by atoms with Crippen molar-refractivity contribution in [1.82, 2.24) is 0 Å². The van der Waals surface area contributed by atoms with Gasteiger partial charge in [-0.05, 0) is 30.5 Å². The minimum absolute atomic E-state index is 0.153. The SMILES string of the molecule is CC[C@@H](N)c1c(C)cccc1Br. The minimum atomic E-state index is 0.153. The summed E-state index contributed by atoms with van der Waals surface area (Å²) in [6.45, 7) is 4.19. The molecule has 0 aliphatic heterocycles. The van der Waals surface area contributed by atoms with E-state index in [1.165, 1.54) is 11.1 Å². The van der Waals surface area contributed by atoms with Crippen LogP contribution in [0, 0.1) is 6.92 Å². The summed E-state index contributed by atoms with van der Waals surface area (Å²) in [5.74, 6) is 0. The molecule has 0 aliphatic rings. The Labute approximate surface area is 82.1 Å². The summed E-state index contributed by atoms with van der Waals surface area (Å²) in [4.78, 5) is 0. The van der Waals surface area contributed by atoms with Gasteiger partial charge in [0.2, 0.25) is 0 Å². The number of aryl methyl sites for hydroxylation is 1. The summed E-state index contributed by atoms with van der Waals surface area (Å²) in [6.07, 6.45) is 0.976. The number of hydrogen-bond acceptors (Lipinski definition) is 1. The lowest BCUT2D eigenvalue weighted by atomic mass is 10.0. The van der Waals surface area contributed by atoms with Gasteiger partial charge in [0.1, 0.15) is 0 Å². The first-order chi connectivity index (χ1) is 5.66. The van der Waals surface area contributed by atoms with Crippen molar-refractivity contribution in [3.63, 3.8) is 0 Å². The van der Waals surface area contributed by atoms with Gasteiger partial charge in [-0.15, -0.1) is 0 Å². The maximum absolute atomic E-state index is 5.97. The standard InChI is InChI=1S/C10H14BrN/c1-3-9(12)10-7(2)5-4-6-8(10)11/h4-6,9H,3,12H2,1-2H3/t9-/m1/s1. The molecule has 1 atom stereocenters. The third kappa shape index (κ3) is 1.87. The fraction of sp³-hybridized carbons (Fsp3) is 0.400. The molecule has 0 saturated carbocycles. The highest BCUT2D eigenvalue weighted by molar-refractivity contribution is 9.10. The molecule has 0 aliphatic carbocycles. The Morgan fingerprint density at radius 2 is 2.17 bits per heavy atom. The molecule has 2 heteroatoms. The summed E-state index contributed by atoms with van der Waals surface area (Å²) in [7, 11) is 0. The average Bonchev–Trinajstić information content (AvgIpc) is 2.03. The Hall–Kier alpha value is -0.340. The first-order valence-corrected chi connectivity index (χ1v) is 4.96. The molecule has 0 amide bonds. The molecule has 0 fully saturated rings. The molecular weight excluding hydrogens is 214 g/mol. The lowest BCUT2D eigenvalue weighted by Crippen LogP contribution is -2.10. The van der Waals surface area contributed by atoms with Crippen LogP contribution in [0.15, 0.2) is 22.7 Å². The van der Waals surface area contributed by atoms with E-state index in [1.807, 2.05) is 12.1 Å². The molecule has 0 saturated heterocycles. The first kappa shape index (κ1) is 9.75. The molecule has 66 valence electrons. The lowest BCUT2D eigenvalue weighted by Gasteiger charge is -2.14. The van der Waals surface area contributed by atoms with Crippen LogP contribution in [-0.4, -0.2) is 0 Å². The molecule has 12 heavy (non-hydrogen) atoms. The Balaban J connectivity index is 3.12. The van der Waals surface area contributed by atoms with Gasteiger partial charge in [0, 0.05) is 10.5 Å². The molecule has 1 aromatic carbocycles. The van der Waals surface area contributed by atoms with E-state index < -0.39 is 0 Å². The number of nitrogens with two attached hydrogens (primary N) is 1. The highest BCUT2D eigenvalue weighted by Gasteiger charge is 2.09. The van der Waals surface area contributed by atoms with Crippen molar-refractivity contribution < 1.29 is 0 Å². The largest absolute Gasteiger partial charge is 0.324 e. The second-order valence-electron chi connectivity index (χ2n) is 2.99. The quantitative estimate of drug-likeness (QED) is 0.826. The predicted molar refractivity (Wildman–Crippen MR) is 56.1 cm³/mol. The number of rotatable bonds is 2. The molecule has 0 aromatic heterocycles. The highest BCUT2D eigenvalue weighted by atomic mass is 79.9. The van der Waals surface area contributed by atoms with E-state index in [2.05, 4.69) is 35.8 Å². The Bertz CT molecular complexity index is 250. The van der Waals surface area contributed by atoms with Gasteiger partial charge in [-0.2, -0.15) is 0 Å². The summed E-state index contributed by atoms with van der Waals surface area (Å²) >= 11 is 3.51. The fourth-order valence-corrected chi connectivity index (χ4v) is 2.08. The smallest absolute Gasteiger partial charge is 0.0306 e. The maximum Gasteiger partial charge on any atom is 0.0306 e. The van der Waals surface area contributed by atoms with Crippen LogP contribution in [0.1, 0.15) is 30.5 Å². The summed E-state index contributed by atoms with van der Waals surface area (Å²) < 4.78 is 1.12. The molecule has 0 unspecified atom stereocenters. The van der Waals surface area contributed by atoms with Crippen molar-refractivity contribution in [2.24, 2.45) is 5.73 Å². The third-order valence-electron chi connectivity index (χ3n) is 2.08. The van der Waals surface area contributed by atoms with Gasteiger partial charge in [0.25, 0.3) is 0 Å². The Morgan fingerprint density at radius 3 is 2.67 bits per heavy atom. The second-order valence-corrected chi connectivity index (χ2v) is 3.84. The van der Waals surface area contributed by atoms with E-state index in [0.29, 0.717) is 0 Å². The van der Waals surface area contributed by atoms with Gasteiger partial charge in [-0.1, -0.05) is 35.0 Å². The predicted octanol–water partition coefficient (Wildman–Crippen LogP) is 3.17. The van der Waals surface area contributed by atoms with E-state index in [4.69, 9.17) is 5.73 Å². The fourth-order valence-electron chi connectivity index (χ4n) is 1.32. The van der Waals surface area contributed by atoms with E-state index in [1.54, 1.807) is 0 Å². The van der Waals surface area contributed by atoms with Gasteiger partial charge in [0.05, 0.1) is 0 Å². The monoisotopic (exact) mass is 227 g/mol. The van der Waals surface area contributed by atoms with Crippen LogP contribution < -0.4 is 5.73 Å². The highest BCUT2D eigenvalue weighted by Crippen LogP contribution is 2.26. The molecule has 1 nitrogen and oxygen atoms in total. The van der Waals surface area contributed by atoms with Crippen molar-refractivity contribution in [2.75, 3.05) is 0 Å². The summed E-state index contributed by atoms with van der Waals surface area (Å²) in [5, 5.41) is 0. The van der Waals surface area contributed by atoms with Crippen LogP contribution in [0.3, 0.4) is 0 Å². The number of benzene rings is 1. The first-order valence-electron chi connectivity index (χ1n) is 4.17. The zero-order chi connectivity index (χ0) is 9.14. The Morgan fingerprint density at radius 1 is 1.50 bits per heavy atom. The van der Waals surface area contributed by atoms with Crippen molar-refractivity contribution >= 4 is 15.9 Å². The molecule has 2 N–H and O–H groups in total. The normalized spacial score (nSPS) is 13.0. The zero-order valence-electron chi connectivity index (χ0n) is 7.47. The molecule has 1 aromatic rings. The molecule has 0 spiro atoms. The third-order valence-corrected chi connectivity index (χ3v) is 2.77. The van der Waals surface area contributed by atoms with Crippen LogP contribution in [0.25, 0.3) is 0 Å². The number of halogens is 1. The second kappa shape index (κ2) is 4.06. The Kier molecular flexibility index (Phi) is 3.29. The number of hydrogen-bond donors (Lipinski definition) is 1. The summed E-state index contributed by atoms with van der Waals surface area (Å²) in [5.41, 5.74) is 8.46. The maximum atomic E-state index is 5.97. The molecule has 1 rings (SSSR count).